The molecule has 8 heteroatoms. The van der Waals surface area contributed by atoms with Crippen LogP contribution >= 0.6 is 11.3 Å². The number of hydrogen-bond donors (Lipinski definition) is 1. The second-order valence-corrected chi connectivity index (χ2v) is 10.7. The van der Waals surface area contributed by atoms with Gasteiger partial charge in [-0.15, -0.1) is 11.3 Å². The summed E-state index contributed by atoms with van der Waals surface area (Å²) in [5.74, 6) is 0.612. The van der Waals surface area contributed by atoms with Gasteiger partial charge in [0.1, 0.15) is 10.8 Å². The first-order valence-corrected chi connectivity index (χ1v) is 13.7. The zero-order valence-electron chi connectivity index (χ0n) is 21.5. The summed E-state index contributed by atoms with van der Waals surface area (Å²) in [5.41, 5.74) is 7.75. The van der Waals surface area contributed by atoms with Gasteiger partial charge in [-0.3, -0.25) is 10.1 Å². The van der Waals surface area contributed by atoms with Gasteiger partial charge < -0.3 is 5.32 Å². The number of nitro groups is 1. The summed E-state index contributed by atoms with van der Waals surface area (Å²) in [7, 11) is 0. The smallest absolute Gasteiger partial charge is 0.269 e. The largest absolute Gasteiger partial charge is 0.339 e. The number of aryl methyl sites for hydroxylation is 1. The van der Waals surface area contributed by atoms with Crippen LogP contribution in [0.4, 0.5) is 11.5 Å². The van der Waals surface area contributed by atoms with Gasteiger partial charge >= 0.3 is 0 Å². The molecular formula is C32H23N5O2S. The molecule has 1 atom stereocenters. The zero-order chi connectivity index (χ0) is 27.2. The van der Waals surface area contributed by atoms with Crippen molar-refractivity contribution in [1.29, 1.82) is 0 Å². The van der Waals surface area contributed by atoms with Crippen molar-refractivity contribution in [3.8, 4) is 5.69 Å². The van der Waals surface area contributed by atoms with E-state index in [0.717, 1.165) is 60.4 Å². The van der Waals surface area contributed by atoms with Gasteiger partial charge in [0.05, 0.1) is 32.2 Å². The summed E-state index contributed by atoms with van der Waals surface area (Å²) in [6.45, 7) is 2.02. The lowest BCUT2D eigenvalue weighted by Crippen LogP contribution is -2.19. The third kappa shape index (κ3) is 3.97. The Balaban J connectivity index is 1.55. The molecule has 0 fully saturated rings. The van der Waals surface area contributed by atoms with E-state index in [2.05, 4.69) is 23.5 Å². The van der Waals surface area contributed by atoms with E-state index in [0.29, 0.717) is 0 Å². The monoisotopic (exact) mass is 541 g/mol. The summed E-state index contributed by atoms with van der Waals surface area (Å²) in [5, 5.41) is 21.1. The molecule has 0 spiro atoms. The number of nitrogens with zero attached hydrogens (tertiary/aromatic N) is 4. The van der Waals surface area contributed by atoms with Crippen LogP contribution < -0.4 is 5.32 Å². The number of nitro benzene ring substituents is 1. The van der Waals surface area contributed by atoms with Crippen LogP contribution in [0.1, 0.15) is 33.3 Å². The molecule has 0 saturated heterocycles. The SMILES string of the molecule is Cc1nn(-c2ccccc2)c2c1C(c1ccc([N+](=O)[O-])cc1)C(c1nc3ccccc3s1)=C(c1ccccc1)N2. The Bertz CT molecular complexity index is 1880. The number of benzene rings is 4. The van der Waals surface area contributed by atoms with Gasteiger partial charge in [0.25, 0.3) is 5.69 Å². The molecule has 0 aliphatic carbocycles. The van der Waals surface area contributed by atoms with E-state index in [1.165, 1.54) is 0 Å². The first kappa shape index (κ1) is 24.0. The first-order chi connectivity index (χ1) is 19.6. The number of para-hydroxylation sites is 2. The number of aromatic nitrogens is 3. The lowest BCUT2D eigenvalue weighted by molar-refractivity contribution is -0.384. The highest BCUT2D eigenvalue weighted by molar-refractivity contribution is 7.19. The average molecular weight is 542 g/mol. The number of hydrogen-bond acceptors (Lipinski definition) is 6. The van der Waals surface area contributed by atoms with E-state index >= 15 is 0 Å². The van der Waals surface area contributed by atoms with Gasteiger partial charge in [-0.05, 0) is 42.3 Å². The van der Waals surface area contributed by atoms with E-state index < -0.39 is 0 Å². The number of anilines is 1. The highest BCUT2D eigenvalue weighted by Crippen LogP contribution is 2.51. The maximum atomic E-state index is 11.5. The molecule has 2 aromatic heterocycles. The van der Waals surface area contributed by atoms with Gasteiger partial charge in [-0.1, -0.05) is 72.8 Å². The van der Waals surface area contributed by atoms with Crippen LogP contribution in [-0.2, 0) is 0 Å². The highest BCUT2D eigenvalue weighted by Gasteiger charge is 2.37. The van der Waals surface area contributed by atoms with Crippen molar-refractivity contribution in [3.63, 3.8) is 0 Å². The van der Waals surface area contributed by atoms with Gasteiger partial charge in [0, 0.05) is 29.2 Å². The summed E-state index contributed by atoms with van der Waals surface area (Å²) in [4.78, 5) is 16.2. The van der Waals surface area contributed by atoms with Gasteiger partial charge in [-0.2, -0.15) is 5.10 Å². The maximum absolute atomic E-state index is 11.5. The number of thiazole rings is 1. The first-order valence-electron chi connectivity index (χ1n) is 12.9. The fourth-order valence-electron chi connectivity index (χ4n) is 5.41. The average Bonchev–Trinajstić information content (AvgIpc) is 3.58. The predicted molar refractivity (Wildman–Crippen MR) is 160 cm³/mol. The molecule has 4 aromatic carbocycles. The van der Waals surface area contributed by atoms with E-state index in [1.54, 1.807) is 23.5 Å². The Hall–Kier alpha value is -5.08. The minimum Gasteiger partial charge on any atom is -0.339 e. The molecule has 0 amide bonds. The molecule has 0 saturated carbocycles. The summed E-state index contributed by atoms with van der Waals surface area (Å²) in [6.07, 6.45) is 0. The second-order valence-electron chi connectivity index (χ2n) is 9.64. The quantitative estimate of drug-likeness (QED) is 0.178. The third-order valence-electron chi connectivity index (χ3n) is 7.22. The number of allylic oxidation sites excluding steroid dienone is 1. The molecule has 6 aromatic rings. The van der Waals surface area contributed by atoms with Crippen molar-refractivity contribution in [2.75, 3.05) is 5.32 Å². The fraction of sp³-hybridized carbons (Fsp3) is 0.0625. The predicted octanol–water partition coefficient (Wildman–Crippen LogP) is 7.82. The molecule has 194 valence electrons. The number of fused-ring (bicyclic) bond motifs is 2. The van der Waals surface area contributed by atoms with Crippen LogP contribution in [0.3, 0.4) is 0 Å². The zero-order valence-corrected chi connectivity index (χ0v) is 22.3. The molecule has 1 aliphatic rings. The summed E-state index contributed by atoms with van der Waals surface area (Å²) >= 11 is 1.65. The van der Waals surface area contributed by atoms with Crippen molar-refractivity contribution < 1.29 is 4.92 Å². The molecule has 1 unspecified atom stereocenters. The molecule has 3 heterocycles. The second kappa shape index (κ2) is 9.59. The molecular weight excluding hydrogens is 518 g/mol. The molecule has 1 N–H and O–H groups in total. The van der Waals surface area contributed by atoms with Crippen LogP contribution in [-0.4, -0.2) is 19.7 Å². The molecule has 7 rings (SSSR count). The van der Waals surface area contributed by atoms with Gasteiger partial charge in [0.2, 0.25) is 0 Å². The van der Waals surface area contributed by atoms with Crippen molar-refractivity contribution in [1.82, 2.24) is 14.8 Å². The fourth-order valence-corrected chi connectivity index (χ4v) is 6.45. The van der Waals surface area contributed by atoms with E-state index in [1.807, 2.05) is 90.5 Å². The Morgan fingerprint density at radius 1 is 0.875 bits per heavy atom. The number of nitrogens with one attached hydrogen (secondary N) is 1. The van der Waals surface area contributed by atoms with E-state index in [9.17, 15) is 10.1 Å². The normalized spacial score (nSPS) is 14.7. The van der Waals surface area contributed by atoms with E-state index in [-0.39, 0.29) is 16.5 Å². The van der Waals surface area contributed by atoms with E-state index in [4.69, 9.17) is 10.1 Å². The molecule has 0 radical (unpaired) electrons. The minimum atomic E-state index is -0.365. The summed E-state index contributed by atoms with van der Waals surface area (Å²) < 4.78 is 3.04. The Labute approximate surface area is 234 Å². The minimum absolute atomic E-state index is 0.0587. The van der Waals surface area contributed by atoms with Gasteiger partial charge in [-0.25, -0.2) is 9.67 Å². The summed E-state index contributed by atoms with van der Waals surface area (Å²) in [6, 6.07) is 35.3. The molecule has 40 heavy (non-hydrogen) atoms. The van der Waals surface area contributed by atoms with Crippen LogP contribution in [0.15, 0.2) is 109 Å². The molecule has 1 aliphatic heterocycles. The lowest BCUT2D eigenvalue weighted by Gasteiger charge is -2.30. The number of non-ortho nitro benzene ring substituents is 1. The van der Waals surface area contributed by atoms with Crippen LogP contribution in [0.5, 0.6) is 0 Å². The van der Waals surface area contributed by atoms with Crippen molar-refractivity contribution in [2.24, 2.45) is 0 Å². The van der Waals surface area contributed by atoms with Crippen molar-refractivity contribution in [2.45, 2.75) is 12.8 Å². The molecule has 0 bridgehead atoms. The Morgan fingerprint density at radius 3 is 2.25 bits per heavy atom. The third-order valence-corrected chi connectivity index (χ3v) is 8.29. The van der Waals surface area contributed by atoms with Gasteiger partial charge in [0.15, 0.2) is 0 Å². The lowest BCUT2D eigenvalue weighted by atomic mass is 9.80. The number of rotatable bonds is 5. The van der Waals surface area contributed by atoms with Crippen LogP contribution in [0, 0.1) is 17.0 Å². The van der Waals surface area contributed by atoms with Crippen molar-refractivity contribution >= 4 is 44.3 Å². The topological polar surface area (TPSA) is 85.9 Å². The van der Waals surface area contributed by atoms with Crippen LogP contribution in [0.25, 0.3) is 27.2 Å². The Kier molecular flexibility index (Phi) is 5.75. The highest BCUT2D eigenvalue weighted by atomic mass is 32.1. The standard InChI is InChI=1S/C32H23N5O2S/c1-20-27-28(21-16-18-24(19-17-21)37(38)39)29(32-33-25-14-8-9-15-26(25)40-32)30(22-10-4-2-5-11-22)34-31(27)36(35-20)23-12-6-3-7-13-23/h2-19,28,34H,1H3. The molecule has 7 nitrogen and oxygen atoms in total. The van der Waals surface area contributed by atoms with Crippen molar-refractivity contribution in [3.05, 3.63) is 147 Å². The Morgan fingerprint density at radius 2 is 1.55 bits per heavy atom. The maximum Gasteiger partial charge on any atom is 0.269 e. The van der Waals surface area contributed by atoms with Crippen LogP contribution in [0.2, 0.25) is 0 Å².